The van der Waals surface area contributed by atoms with Crippen LogP contribution in [0.1, 0.15) is 0 Å². The Kier molecular flexibility index (Phi) is 2.27. The highest BCUT2D eigenvalue weighted by Crippen LogP contribution is 2.31. The quantitative estimate of drug-likeness (QED) is 0.726. The lowest BCUT2D eigenvalue weighted by atomic mass is 10.1. The normalized spacial score (nSPS) is 9.92. The zero-order valence-corrected chi connectivity index (χ0v) is 7.97. The summed E-state index contributed by atoms with van der Waals surface area (Å²) in [6.07, 6.45) is 2.92. The van der Waals surface area contributed by atoms with Gasteiger partial charge in [-0.15, -0.1) is 0 Å². The first-order valence-corrected chi connectivity index (χ1v) is 4.66. The lowest BCUT2D eigenvalue weighted by molar-refractivity contribution is 0.428. The molecule has 3 heteroatoms. The Bertz CT molecular complexity index is 383. The van der Waals surface area contributed by atoms with E-state index in [1.165, 1.54) is 11.5 Å². The third-order valence-corrected chi connectivity index (χ3v) is 2.46. The van der Waals surface area contributed by atoms with Crippen LogP contribution in [-0.4, -0.2) is 11.5 Å². The van der Waals surface area contributed by atoms with Gasteiger partial charge in [0.15, 0.2) is 0 Å². The van der Waals surface area contributed by atoms with Crippen molar-refractivity contribution in [2.45, 2.75) is 0 Å². The second kappa shape index (κ2) is 3.58. The van der Waals surface area contributed by atoms with Crippen LogP contribution in [0.4, 0.5) is 0 Å². The largest absolute Gasteiger partial charge is 0.486 e. The standard InChI is InChI=1S/C10H8NOS/c1-12-10-9(7-11-13-10)8-5-3-2-4-6-8/h2-6H,1H3. The summed E-state index contributed by atoms with van der Waals surface area (Å²) in [7, 11) is 1.65. The molecule has 2 rings (SSSR count). The van der Waals surface area contributed by atoms with Crippen molar-refractivity contribution >= 4 is 11.5 Å². The SMILES string of the molecule is COc1sn[c]c1-c1ccccc1. The molecule has 1 heterocycles. The van der Waals surface area contributed by atoms with Crippen LogP contribution in [0.5, 0.6) is 5.06 Å². The van der Waals surface area contributed by atoms with E-state index >= 15 is 0 Å². The summed E-state index contributed by atoms with van der Waals surface area (Å²) in [4.78, 5) is 0. The van der Waals surface area contributed by atoms with Crippen molar-refractivity contribution in [3.8, 4) is 16.2 Å². The molecule has 0 amide bonds. The van der Waals surface area contributed by atoms with Crippen molar-refractivity contribution in [1.82, 2.24) is 4.37 Å². The Hall–Kier alpha value is -1.35. The third-order valence-electron chi connectivity index (χ3n) is 1.74. The van der Waals surface area contributed by atoms with Gasteiger partial charge in [0.05, 0.1) is 12.7 Å². The van der Waals surface area contributed by atoms with Crippen LogP contribution in [0.2, 0.25) is 0 Å². The molecule has 13 heavy (non-hydrogen) atoms. The minimum atomic E-state index is 0.811. The van der Waals surface area contributed by atoms with E-state index in [0.717, 1.165) is 16.2 Å². The molecule has 0 saturated heterocycles. The fourth-order valence-corrected chi connectivity index (χ4v) is 1.68. The summed E-state index contributed by atoms with van der Waals surface area (Å²) in [5.74, 6) is 0. The molecular formula is C10H8NOS. The van der Waals surface area contributed by atoms with Gasteiger partial charge in [-0.2, -0.15) is 4.37 Å². The minimum Gasteiger partial charge on any atom is -0.486 e. The molecule has 1 radical (unpaired) electrons. The van der Waals surface area contributed by atoms with Crippen molar-refractivity contribution in [3.63, 3.8) is 0 Å². The van der Waals surface area contributed by atoms with Gasteiger partial charge in [-0.1, -0.05) is 30.3 Å². The number of nitrogens with zero attached hydrogens (tertiary/aromatic N) is 1. The number of benzene rings is 1. The molecule has 1 aromatic carbocycles. The van der Waals surface area contributed by atoms with Crippen molar-refractivity contribution in [3.05, 3.63) is 36.5 Å². The van der Waals surface area contributed by atoms with Crippen LogP contribution in [0, 0.1) is 6.20 Å². The molecule has 0 fully saturated rings. The summed E-state index contributed by atoms with van der Waals surface area (Å²) < 4.78 is 9.13. The molecule has 2 aromatic rings. The van der Waals surface area contributed by atoms with E-state index in [1.54, 1.807) is 7.11 Å². The summed E-state index contributed by atoms with van der Waals surface area (Å²) in [5.41, 5.74) is 2.03. The Morgan fingerprint density at radius 1 is 1.31 bits per heavy atom. The fraction of sp³-hybridized carbons (Fsp3) is 0.100. The first-order valence-electron chi connectivity index (χ1n) is 3.88. The second-order valence-electron chi connectivity index (χ2n) is 2.53. The zero-order valence-electron chi connectivity index (χ0n) is 7.15. The molecule has 0 aliphatic heterocycles. The van der Waals surface area contributed by atoms with Crippen LogP contribution < -0.4 is 4.74 Å². The maximum Gasteiger partial charge on any atom is 0.201 e. The average molecular weight is 190 g/mol. The molecule has 1 aromatic heterocycles. The van der Waals surface area contributed by atoms with E-state index in [2.05, 4.69) is 10.6 Å². The van der Waals surface area contributed by atoms with Gasteiger partial charge in [-0.3, -0.25) is 0 Å². The Morgan fingerprint density at radius 3 is 2.77 bits per heavy atom. The number of methoxy groups -OCH3 is 1. The summed E-state index contributed by atoms with van der Waals surface area (Å²) in [5, 5.41) is 0.811. The maximum absolute atomic E-state index is 5.16. The first kappa shape index (κ1) is 8.26. The number of ether oxygens (including phenoxy) is 1. The summed E-state index contributed by atoms with van der Waals surface area (Å²) in [6, 6.07) is 9.99. The Morgan fingerprint density at radius 2 is 2.08 bits per heavy atom. The zero-order chi connectivity index (χ0) is 9.10. The van der Waals surface area contributed by atoms with Gasteiger partial charge in [-0.05, 0) is 5.56 Å². The molecular weight excluding hydrogens is 182 g/mol. The molecule has 0 saturated carbocycles. The van der Waals surface area contributed by atoms with Crippen LogP contribution in [0.15, 0.2) is 30.3 Å². The predicted molar refractivity (Wildman–Crippen MR) is 52.9 cm³/mol. The van der Waals surface area contributed by atoms with E-state index in [0.29, 0.717) is 0 Å². The molecule has 0 atom stereocenters. The van der Waals surface area contributed by atoms with Crippen molar-refractivity contribution in [2.75, 3.05) is 7.11 Å². The minimum absolute atomic E-state index is 0.811. The highest BCUT2D eigenvalue weighted by Gasteiger charge is 2.07. The maximum atomic E-state index is 5.16. The highest BCUT2D eigenvalue weighted by molar-refractivity contribution is 7.08. The molecule has 65 valence electrons. The van der Waals surface area contributed by atoms with Gasteiger partial charge in [0.2, 0.25) is 5.06 Å². The van der Waals surface area contributed by atoms with Gasteiger partial charge in [0, 0.05) is 11.5 Å². The molecule has 0 unspecified atom stereocenters. The predicted octanol–water partition coefficient (Wildman–Crippen LogP) is 2.62. The summed E-state index contributed by atoms with van der Waals surface area (Å²) in [6.45, 7) is 0. The summed E-state index contributed by atoms with van der Waals surface area (Å²) >= 11 is 1.32. The molecule has 0 aliphatic rings. The monoisotopic (exact) mass is 190 g/mol. The topological polar surface area (TPSA) is 22.1 Å². The third kappa shape index (κ3) is 1.55. The number of hydrogen-bond donors (Lipinski definition) is 0. The van der Waals surface area contributed by atoms with Crippen LogP contribution in [0.3, 0.4) is 0 Å². The smallest absolute Gasteiger partial charge is 0.201 e. The van der Waals surface area contributed by atoms with Crippen molar-refractivity contribution in [2.24, 2.45) is 0 Å². The first-order chi connectivity index (χ1) is 6.42. The van der Waals surface area contributed by atoms with E-state index in [4.69, 9.17) is 4.74 Å². The Balaban J connectivity index is 2.47. The van der Waals surface area contributed by atoms with Crippen molar-refractivity contribution < 1.29 is 4.74 Å². The highest BCUT2D eigenvalue weighted by atomic mass is 32.1. The van der Waals surface area contributed by atoms with Gasteiger partial charge in [0.25, 0.3) is 0 Å². The van der Waals surface area contributed by atoms with E-state index in [9.17, 15) is 0 Å². The number of hydrogen-bond acceptors (Lipinski definition) is 3. The number of aromatic nitrogens is 1. The van der Waals surface area contributed by atoms with Crippen LogP contribution in [0.25, 0.3) is 11.1 Å². The second-order valence-corrected chi connectivity index (χ2v) is 3.26. The Labute approximate surface area is 81.0 Å². The molecule has 0 aliphatic carbocycles. The molecule has 0 bridgehead atoms. The van der Waals surface area contributed by atoms with E-state index in [1.807, 2.05) is 30.3 Å². The lowest BCUT2D eigenvalue weighted by Crippen LogP contribution is -1.81. The fourth-order valence-electron chi connectivity index (χ4n) is 1.13. The van der Waals surface area contributed by atoms with Gasteiger partial charge < -0.3 is 4.74 Å². The van der Waals surface area contributed by atoms with E-state index < -0.39 is 0 Å². The van der Waals surface area contributed by atoms with E-state index in [-0.39, 0.29) is 0 Å². The molecule has 0 N–H and O–H groups in total. The van der Waals surface area contributed by atoms with Crippen molar-refractivity contribution in [1.29, 1.82) is 0 Å². The van der Waals surface area contributed by atoms with Crippen LogP contribution >= 0.6 is 11.5 Å². The van der Waals surface area contributed by atoms with Gasteiger partial charge in [0.1, 0.15) is 6.20 Å². The average Bonchev–Trinajstić information content (AvgIpc) is 2.67. The molecule has 2 nitrogen and oxygen atoms in total. The van der Waals surface area contributed by atoms with Crippen LogP contribution in [-0.2, 0) is 0 Å². The van der Waals surface area contributed by atoms with Gasteiger partial charge >= 0.3 is 0 Å². The van der Waals surface area contributed by atoms with Gasteiger partial charge in [-0.25, -0.2) is 0 Å². The lowest BCUT2D eigenvalue weighted by Gasteiger charge is -1.99. The number of rotatable bonds is 2. The molecule has 0 spiro atoms.